The second-order valence-electron chi connectivity index (χ2n) is 2.60. The van der Waals surface area contributed by atoms with Crippen molar-refractivity contribution in [1.82, 2.24) is 20.7 Å². The van der Waals surface area contributed by atoms with E-state index >= 15 is 0 Å². The van der Waals surface area contributed by atoms with Crippen LogP contribution < -0.4 is 5.32 Å². The molecule has 4 heteroatoms. The molecular weight excluding hydrogens is 128 g/mol. The Labute approximate surface area is 59.0 Å². The molecule has 54 valence electrons. The summed E-state index contributed by atoms with van der Waals surface area (Å²) in [7, 11) is 0. The van der Waals surface area contributed by atoms with E-state index < -0.39 is 0 Å². The smallest absolute Gasteiger partial charge is 0.102 e. The van der Waals surface area contributed by atoms with Gasteiger partial charge in [-0.05, 0) is 6.92 Å². The molecule has 0 saturated heterocycles. The van der Waals surface area contributed by atoms with Crippen molar-refractivity contribution in [3.05, 3.63) is 11.4 Å². The van der Waals surface area contributed by atoms with Crippen LogP contribution in [0.3, 0.4) is 0 Å². The number of H-pyrrole nitrogens is 1. The second-order valence-corrected chi connectivity index (χ2v) is 2.60. The Hall–Kier alpha value is -0.900. The topological polar surface area (TPSA) is 53.6 Å². The molecule has 1 aliphatic rings. The van der Waals surface area contributed by atoms with Crippen LogP contribution in [-0.4, -0.2) is 22.0 Å². The second kappa shape index (κ2) is 2.05. The highest BCUT2D eigenvalue weighted by Crippen LogP contribution is 2.16. The molecule has 2 rings (SSSR count). The third-order valence-corrected chi connectivity index (χ3v) is 1.89. The van der Waals surface area contributed by atoms with Crippen molar-refractivity contribution in [2.24, 2.45) is 0 Å². The van der Waals surface area contributed by atoms with E-state index in [1.54, 1.807) is 0 Å². The molecule has 1 unspecified atom stereocenters. The fraction of sp³-hybridized carbons (Fsp3) is 0.667. The Kier molecular flexibility index (Phi) is 1.20. The van der Waals surface area contributed by atoms with Crippen LogP contribution in [0.2, 0.25) is 0 Å². The van der Waals surface area contributed by atoms with Gasteiger partial charge in [-0.25, -0.2) is 0 Å². The summed E-state index contributed by atoms with van der Waals surface area (Å²) in [6.07, 6.45) is 1.02. The van der Waals surface area contributed by atoms with Crippen molar-refractivity contribution in [2.45, 2.75) is 19.4 Å². The Morgan fingerprint density at radius 2 is 2.50 bits per heavy atom. The maximum Gasteiger partial charge on any atom is 0.102 e. The highest BCUT2D eigenvalue weighted by Gasteiger charge is 2.18. The van der Waals surface area contributed by atoms with Gasteiger partial charge in [-0.3, -0.25) is 5.10 Å². The molecule has 0 aromatic carbocycles. The summed E-state index contributed by atoms with van der Waals surface area (Å²) >= 11 is 0. The van der Waals surface area contributed by atoms with Crippen LogP contribution in [0.5, 0.6) is 0 Å². The predicted molar refractivity (Wildman–Crippen MR) is 36.5 cm³/mol. The lowest BCUT2D eigenvalue weighted by atomic mass is 10.1. The lowest BCUT2D eigenvalue weighted by Crippen LogP contribution is -2.27. The highest BCUT2D eigenvalue weighted by molar-refractivity contribution is 5.15. The zero-order chi connectivity index (χ0) is 6.97. The number of nitrogens with one attached hydrogen (secondary N) is 2. The Balaban J connectivity index is 2.41. The van der Waals surface area contributed by atoms with Crippen molar-refractivity contribution in [3.8, 4) is 0 Å². The zero-order valence-corrected chi connectivity index (χ0v) is 5.89. The molecule has 0 saturated carbocycles. The van der Waals surface area contributed by atoms with Crippen LogP contribution >= 0.6 is 0 Å². The summed E-state index contributed by atoms with van der Waals surface area (Å²) < 4.78 is 0. The molecule has 0 bridgehead atoms. The van der Waals surface area contributed by atoms with Gasteiger partial charge in [0.2, 0.25) is 0 Å². The first-order valence-electron chi connectivity index (χ1n) is 3.51. The molecule has 4 nitrogen and oxygen atoms in total. The fourth-order valence-electron chi connectivity index (χ4n) is 1.30. The summed E-state index contributed by atoms with van der Waals surface area (Å²) in [5.41, 5.74) is 2.26. The molecule has 2 N–H and O–H groups in total. The van der Waals surface area contributed by atoms with E-state index in [-0.39, 0.29) is 0 Å². The standard InChI is InChI=1S/C6H10N4/c1-4-6-5(2-3-7-4)8-10-9-6/h4,7H,2-3H2,1H3,(H,8,9,10). The average molecular weight is 138 g/mol. The molecule has 2 heterocycles. The molecule has 1 aliphatic heterocycles. The number of hydrogen-bond acceptors (Lipinski definition) is 3. The molecule has 0 aliphatic carbocycles. The van der Waals surface area contributed by atoms with Gasteiger partial charge >= 0.3 is 0 Å². The first kappa shape index (κ1) is 5.85. The molecule has 0 amide bonds. The molecule has 10 heavy (non-hydrogen) atoms. The van der Waals surface area contributed by atoms with Gasteiger partial charge in [0.1, 0.15) is 5.69 Å². The normalized spacial score (nSPS) is 24.3. The Morgan fingerprint density at radius 1 is 1.60 bits per heavy atom. The van der Waals surface area contributed by atoms with E-state index in [4.69, 9.17) is 0 Å². The van der Waals surface area contributed by atoms with E-state index in [0.29, 0.717) is 6.04 Å². The summed E-state index contributed by atoms with van der Waals surface area (Å²) in [5, 5.41) is 13.9. The number of aromatic amines is 1. The fourth-order valence-corrected chi connectivity index (χ4v) is 1.30. The highest BCUT2D eigenvalue weighted by atomic mass is 15.3. The first-order chi connectivity index (χ1) is 4.88. The summed E-state index contributed by atoms with van der Waals surface area (Å²) in [6, 6.07) is 0.363. The predicted octanol–water partition coefficient (Wildman–Crippen LogP) is 0.0114. The van der Waals surface area contributed by atoms with Gasteiger partial charge in [0.05, 0.1) is 11.7 Å². The number of fused-ring (bicyclic) bond motifs is 1. The molecule has 1 aromatic heterocycles. The van der Waals surface area contributed by atoms with Gasteiger partial charge in [-0.15, -0.1) is 5.10 Å². The van der Waals surface area contributed by atoms with Crippen LogP contribution in [0.4, 0.5) is 0 Å². The lowest BCUT2D eigenvalue weighted by Gasteiger charge is -2.17. The third-order valence-electron chi connectivity index (χ3n) is 1.89. The molecule has 1 atom stereocenters. The summed E-state index contributed by atoms with van der Waals surface area (Å²) in [6.45, 7) is 3.12. The van der Waals surface area contributed by atoms with E-state index in [2.05, 4.69) is 27.7 Å². The summed E-state index contributed by atoms with van der Waals surface area (Å²) in [5.74, 6) is 0. The van der Waals surface area contributed by atoms with Crippen LogP contribution in [-0.2, 0) is 6.42 Å². The van der Waals surface area contributed by atoms with Crippen LogP contribution in [0.25, 0.3) is 0 Å². The van der Waals surface area contributed by atoms with Gasteiger partial charge in [0.25, 0.3) is 0 Å². The molecule has 0 fully saturated rings. The maximum absolute atomic E-state index is 3.97. The molecular formula is C6H10N4. The van der Waals surface area contributed by atoms with E-state index in [1.165, 1.54) is 5.69 Å². The van der Waals surface area contributed by atoms with Crippen molar-refractivity contribution >= 4 is 0 Å². The van der Waals surface area contributed by atoms with Crippen molar-refractivity contribution < 1.29 is 0 Å². The van der Waals surface area contributed by atoms with E-state index in [9.17, 15) is 0 Å². The number of nitrogens with zero attached hydrogens (tertiary/aromatic N) is 2. The van der Waals surface area contributed by atoms with Crippen molar-refractivity contribution in [1.29, 1.82) is 0 Å². The van der Waals surface area contributed by atoms with Crippen LogP contribution in [0.15, 0.2) is 0 Å². The number of hydrogen-bond donors (Lipinski definition) is 2. The van der Waals surface area contributed by atoms with Gasteiger partial charge in [0, 0.05) is 13.0 Å². The molecule has 0 spiro atoms. The van der Waals surface area contributed by atoms with E-state index in [1.807, 2.05) is 0 Å². The van der Waals surface area contributed by atoms with Crippen molar-refractivity contribution in [3.63, 3.8) is 0 Å². The molecule has 0 radical (unpaired) electrons. The lowest BCUT2D eigenvalue weighted by molar-refractivity contribution is 0.526. The van der Waals surface area contributed by atoms with Gasteiger partial charge in [-0.1, -0.05) is 5.21 Å². The van der Waals surface area contributed by atoms with Gasteiger partial charge in [0.15, 0.2) is 0 Å². The Morgan fingerprint density at radius 3 is 3.30 bits per heavy atom. The third kappa shape index (κ3) is 0.724. The number of rotatable bonds is 0. The van der Waals surface area contributed by atoms with Crippen LogP contribution in [0.1, 0.15) is 24.4 Å². The molecule has 1 aromatic rings. The van der Waals surface area contributed by atoms with Gasteiger partial charge in [-0.2, -0.15) is 0 Å². The monoisotopic (exact) mass is 138 g/mol. The summed E-state index contributed by atoms with van der Waals surface area (Å²) in [4.78, 5) is 0. The number of aromatic nitrogens is 3. The Bertz CT molecular complexity index is 229. The minimum atomic E-state index is 0.363. The minimum Gasteiger partial charge on any atom is -0.308 e. The average Bonchev–Trinajstić information content (AvgIpc) is 2.36. The van der Waals surface area contributed by atoms with Crippen LogP contribution in [0, 0.1) is 0 Å². The zero-order valence-electron chi connectivity index (χ0n) is 5.89. The van der Waals surface area contributed by atoms with Gasteiger partial charge < -0.3 is 5.32 Å². The quantitative estimate of drug-likeness (QED) is 0.531. The SMILES string of the molecule is CC1NCCc2[nH]nnc21. The minimum absolute atomic E-state index is 0.363. The maximum atomic E-state index is 3.97. The largest absolute Gasteiger partial charge is 0.308 e. The van der Waals surface area contributed by atoms with Crippen molar-refractivity contribution in [2.75, 3.05) is 6.54 Å². The first-order valence-corrected chi connectivity index (χ1v) is 3.51. The van der Waals surface area contributed by atoms with E-state index in [0.717, 1.165) is 18.7 Å².